The second kappa shape index (κ2) is 11.6. The van der Waals surface area contributed by atoms with Crippen LogP contribution < -0.4 is 5.32 Å². The molecule has 12 nitrogen and oxygen atoms in total. The van der Waals surface area contributed by atoms with E-state index in [-0.39, 0.29) is 6.61 Å². The number of carbonyl (C=O) groups excluding carboxylic acids is 1. The molecule has 12 heteroatoms. The molecule has 2 aliphatic rings. The van der Waals surface area contributed by atoms with E-state index in [1.807, 2.05) is 30.3 Å². The highest BCUT2D eigenvalue weighted by atomic mass is 16.7. The molecular formula is C21H31NO11. The van der Waals surface area contributed by atoms with Crippen molar-refractivity contribution in [1.82, 2.24) is 5.32 Å². The zero-order chi connectivity index (χ0) is 24.1. The van der Waals surface area contributed by atoms with Crippen molar-refractivity contribution in [3.8, 4) is 0 Å². The average molecular weight is 473 g/mol. The Bertz CT molecular complexity index is 751. The summed E-state index contributed by atoms with van der Waals surface area (Å²) in [6, 6.07) is 8.02. The van der Waals surface area contributed by atoms with Gasteiger partial charge in [0.25, 0.3) is 0 Å². The Labute approximate surface area is 190 Å². The van der Waals surface area contributed by atoms with E-state index in [4.69, 9.17) is 18.9 Å². The van der Waals surface area contributed by atoms with E-state index in [1.165, 1.54) is 6.92 Å². The first-order valence-electron chi connectivity index (χ1n) is 10.6. The van der Waals surface area contributed by atoms with Crippen molar-refractivity contribution in [2.75, 3.05) is 13.2 Å². The van der Waals surface area contributed by atoms with Gasteiger partial charge >= 0.3 is 0 Å². The Morgan fingerprint density at radius 2 is 1.55 bits per heavy atom. The number of aliphatic hydroxyl groups is 6. The van der Waals surface area contributed by atoms with E-state index in [0.717, 1.165) is 5.56 Å². The van der Waals surface area contributed by atoms with Crippen molar-refractivity contribution in [3.05, 3.63) is 35.9 Å². The molecule has 0 aliphatic carbocycles. The molecule has 7 N–H and O–H groups in total. The van der Waals surface area contributed by atoms with Gasteiger partial charge in [-0.25, -0.2) is 0 Å². The number of hydrogen-bond acceptors (Lipinski definition) is 11. The number of amides is 1. The number of ether oxygens (including phenoxy) is 4. The van der Waals surface area contributed by atoms with Crippen molar-refractivity contribution < 1.29 is 54.4 Å². The molecule has 1 amide bonds. The molecule has 2 fully saturated rings. The van der Waals surface area contributed by atoms with Gasteiger partial charge in [0.05, 0.1) is 19.8 Å². The Balaban J connectivity index is 1.76. The molecule has 3 rings (SSSR count). The first-order chi connectivity index (χ1) is 15.8. The van der Waals surface area contributed by atoms with E-state index in [0.29, 0.717) is 0 Å². The molecule has 186 valence electrons. The third-order valence-electron chi connectivity index (χ3n) is 5.62. The zero-order valence-corrected chi connectivity index (χ0v) is 18.0. The molecule has 10 atom stereocenters. The topological polar surface area (TPSA) is 187 Å². The van der Waals surface area contributed by atoms with E-state index < -0.39 is 80.5 Å². The van der Waals surface area contributed by atoms with Gasteiger partial charge in [-0.2, -0.15) is 0 Å². The minimum Gasteiger partial charge on any atom is -0.394 e. The van der Waals surface area contributed by atoms with Gasteiger partial charge < -0.3 is 54.9 Å². The van der Waals surface area contributed by atoms with Crippen molar-refractivity contribution in [3.63, 3.8) is 0 Å². The first-order valence-corrected chi connectivity index (χ1v) is 10.6. The van der Waals surface area contributed by atoms with Gasteiger partial charge in [-0.1, -0.05) is 30.3 Å². The molecule has 1 aromatic rings. The molecule has 0 radical (unpaired) electrons. The van der Waals surface area contributed by atoms with Crippen molar-refractivity contribution in [1.29, 1.82) is 0 Å². The summed E-state index contributed by atoms with van der Waals surface area (Å²) >= 11 is 0. The van der Waals surface area contributed by atoms with Crippen LogP contribution in [-0.4, -0.2) is 111 Å². The molecule has 2 aliphatic heterocycles. The third kappa shape index (κ3) is 6.05. The van der Waals surface area contributed by atoms with Crippen LogP contribution in [0, 0.1) is 0 Å². The van der Waals surface area contributed by atoms with Crippen molar-refractivity contribution in [2.24, 2.45) is 0 Å². The minimum atomic E-state index is -1.72. The van der Waals surface area contributed by atoms with Crippen LogP contribution in [0.25, 0.3) is 0 Å². The maximum atomic E-state index is 11.8. The van der Waals surface area contributed by atoms with Gasteiger partial charge in [-0.05, 0) is 5.56 Å². The second-order valence-corrected chi connectivity index (χ2v) is 8.04. The number of nitrogens with one attached hydrogen (secondary N) is 1. The largest absolute Gasteiger partial charge is 0.394 e. The molecule has 0 spiro atoms. The summed E-state index contributed by atoms with van der Waals surface area (Å²) in [5.74, 6) is -0.481. The maximum absolute atomic E-state index is 11.8. The van der Waals surface area contributed by atoms with Gasteiger partial charge in [0, 0.05) is 6.92 Å². The summed E-state index contributed by atoms with van der Waals surface area (Å²) in [6.07, 6.45) is -12.9. The average Bonchev–Trinajstić information content (AvgIpc) is 2.81. The molecule has 0 bridgehead atoms. The monoisotopic (exact) mass is 473 g/mol. The molecule has 1 aromatic carbocycles. The summed E-state index contributed by atoms with van der Waals surface area (Å²) in [7, 11) is 0. The summed E-state index contributed by atoms with van der Waals surface area (Å²) in [5.41, 5.74) is 0.817. The van der Waals surface area contributed by atoms with Crippen LogP contribution in [0.3, 0.4) is 0 Å². The highest BCUT2D eigenvalue weighted by Gasteiger charge is 2.51. The normalized spacial score (nSPS) is 39.2. The summed E-state index contributed by atoms with van der Waals surface area (Å²) in [4.78, 5) is 11.8. The SMILES string of the molecule is CC(=O)N[C@H]1[C@H](OCc2ccccc2)O[C@H](CO)[C@@H](O[C@@H]2O[C@H](CO)[C@H](O)[C@H](O)[C@H]2O)[C@@H]1O. The van der Waals surface area contributed by atoms with E-state index in [9.17, 15) is 35.4 Å². The van der Waals surface area contributed by atoms with E-state index >= 15 is 0 Å². The van der Waals surface area contributed by atoms with E-state index in [2.05, 4.69) is 5.32 Å². The van der Waals surface area contributed by atoms with E-state index in [1.54, 1.807) is 0 Å². The fraction of sp³-hybridized carbons (Fsp3) is 0.667. The number of carbonyl (C=O) groups is 1. The Morgan fingerprint density at radius 3 is 2.15 bits per heavy atom. The Hall–Kier alpha value is -1.71. The Kier molecular flexibility index (Phi) is 9.12. The van der Waals surface area contributed by atoms with Gasteiger partial charge in [0.15, 0.2) is 12.6 Å². The van der Waals surface area contributed by atoms with Gasteiger partial charge in [0.2, 0.25) is 5.91 Å². The van der Waals surface area contributed by atoms with Crippen LogP contribution in [0.5, 0.6) is 0 Å². The van der Waals surface area contributed by atoms with Gasteiger partial charge in [-0.3, -0.25) is 4.79 Å². The molecule has 33 heavy (non-hydrogen) atoms. The zero-order valence-electron chi connectivity index (χ0n) is 18.0. The fourth-order valence-corrected chi connectivity index (χ4v) is 3.85. The third-order valence-corrected chi connectivity index (χ3v) is 5.62. The second-order valence-electron chi connectivity index (χ2n) is 8.04. The lowest BCUT2D eigenvalue weighted by Gasteiger charge is -2.47. The summed E-state index contributed by atoms with van der Waals surface area (Å²) < 4.78 is 22.5. The van der Waals surface area contributed by atoms with Crippen LogP contribution in [0.4, 0.5) is 0 Å². The molecule has 0 unspecified atom stereocenters. The molecule has 0 aromatic heterocycles. The van der Waals surface area contributed by atoms with Crippen molar-refractivity contribution in [2.45, 2.75) is 74.9 Å². The summed E-state index contributed by atoms with van der Waals surface area (Å²) in [5, 5.41) is 62.9. The highest BCUT2D eigenvalue weighted by molar-refractivity contribution is 5.73. The molecule has 2 heterocycles. The number of hydrogen-bond donors (Lipinski definition) is 7. The highest BCUT2D eigenvalue weighted by Crippen LogP contribution is 2.30. The predicted octanol–water partition coefficient (Wildman–Crippen LogP) is -3.03. The number of benzene rings is 1. The van der Waals surface area contributed by atoms with Crippen LogP contribution >= 0.6 is 0 Å². The lowest BCUT2D eigenvalue weighted by molar-refractivity contribution is -0.349. The first kappa shape index (κ1) is 25.9. The quantitative estimate of drug-likeness (QED) is 0.203. The minimum absolute atomic E-state index is 0.102. The number of rotatable bonds is 8. The standard InChI is InChI=1S/C21H31NO11/c1-10(25)22-14-16(27)19(33-21-18(29)17(28)15(26)12(7-23)31-21)13(8-24)32-20(14)30-9-11-5-3-2-4-6-11/h2-6,12-21,23-24,26-29H,7-9H2,1H3,(H,22,25)/t12-,13-,14-,15+,16-,17+,18-,19-,20-,21+/m1/s1. The molecular weight excluding hydrogens is 442 g/mol. The van der Waals surface area contributed by atoms with Crippen LogP contribution in [0.15, 0.2) is 30.3 Å². The van der Waals surface area contributed by atoms with Crippen LogP contribution in [0.1, 0.15) is 12.5 Å². The lowest BCUT2D eigenvalue weighted by Crippen LogP contribution is -2.67. The predicted molar refractivity (Wildman–Crippen MR) is 109 cm³/mol. The molecule has 0 saturated carbocycles. The maximum Gasteiger partial charge on any atom is 0.217 e. The fourth-order valence-electron chi connectivity index (χ4n) is 3.85. The van der Waals surface area contributed by atoms with Gasteiger partial charge in [-0.15, -0.1) is 0 Å². The Morgan fingerprint density at radius 1 is 0.909 bits per heavy atom. The van der Waals surface area contributed by atoms with Crippen LogP contribution in [-0.2, 0) is 30.3 Å². The summed E-state index contributed by atoms with van der Waals surface area (Å²) in [6.45, 7) is 0.0657. The van der Waals surface area contributed by atoms with Crippen LogP contribution in [0.2, 0.25) is 0 Å². The lowest BCUT2D eigenvalue weighted by atomic mass is 9.95. The molecule has 2 saturated heterocycles. The van der Waals surface area contributed by atoms with Gasteiger partial charge in [0.1, 0.15) is 48.8 Å². The smallest absolute Gasteiger partial charge is 0.217 e. The number of aliphatic hydroxyl groups excluding tert-OH is 6. The van der Waals surface area contributed by atoms with Crippen molar-refractivity contribution >= 4 is 5.91 Å².